The lowest BCUT2D eigenvalue weighted by Gasteiger charge is -2.55. The van der Waals surface area contributed by atoms with Crippen molar-refractivity contribution in [3.05, 3.63) is 18.3 Å². The van der Waals surface area contributed by atoms with Gasteiger partial charge in [-0.3, -0.25) is 4.79 Å². The van der Waals surface area contributed by atoms with Gasteiger partial charge in [0.05, 0.1) is 17.3 Å². The summed E-state index contributed by atoms with van der Waals surface area (Å²) in [5, 5.41) is 3.17. The summed E-state index contributed by atoms with van der Waals surface area (Å²) in [6.07, 6.45) is 11.4. The van der Waals surface area contributed by atoms with Crippen molar-refractivity contribution in [2.75, 3.05) is 25.5 Å². The first-order valence-electron chi connectivity index (χ1n) is 10.7. The molecule has 5 heteroatoms. The molecule has 5 nitrogen and oxygen atoms in total. The molecule has 5 fully saturated rings. The summed E-state index contributed by atoms with van der Waals surface area (Å²) >= 11 is 0. The van der Waals surface area contributed by atoms with Gasteiger partial charge < -0.3 is 15.0 Å². The lowest BCUT2D eigenvalue weighted by Crippen LogP contribution is -2.51. The molecule has 1 aromatic rings. The minimum Gasteiger partial charge on any atom is -0.474 e. The number of likely N-dealkylation sites (tertiary alicyclic amines) is 1. The predicted octanol–water partition coefficient (Wildman–Crippen LogP) is 3.71. The number of carbonyl (C=O) groups is 1. The van der Waals surface area contributed by atoms with Gasteiger partial charge in [-0.1, -0.05) is 0 Å². The molecule has 4 aliphatic carbocycles. The standard InChI is InChI=1S/C22H31N3O2/c1-25-6-4-19(5-7-25)27-20-3-2-18(14-23-20)24-21(26)22-11-15-8-16(12-22)10-17(9-15)13-22/h2-3,14-17,19H,4-13H2,1H3,(H,24,26). The Kier molecular flexibility index (Phi) is 4.38. The van der Waals surface area contributed by atoms with E-state index in [2.05, 4.69) is 22.2 Å². The minimum atomic E-state index is -0.113. The average Bonchev–Trinajstić information content (AvgIpc) is 2.64. The highest BCUT2D eigenvalue weighted by Gasteiger charge is 2.54. The fraction of sp³-hybridized carbons (Fsp3) is 0.727. The Bertz CT molecular complexity index is 659. The Balaban J connectivity index is 1.21. The van der Waals surface area contributed by atoms with E-state index >= 15 is 0 Å². The van der Waals surface area contributed by atoms with Crippen molar-refractivity contribution in [3.8, 4) is 5.88 Å². The first-order valence-corrected chi connectivity index (χ1v) is 10.7. The Morgan fingerprint density at radius 2 is 1.74 bits per heavy atom. The maximum Gasteiger partial charge on any atom is 0.230 e. The molecular formula is C22H31N3O2. The van der Waals surface area contributed by atoms with Gasteiger partial charge in [-0.15, -0.1) is 0 Å². The highest BCUT2D eigenvalue weighted by molar-refractivity contribution is 5.95. The Morgan fingerprint density at radius 3 is 2.30 bits per heavy atom. The minimum absolute atomic E-state index is 0.113. The van der Waals surface area contributed by atoms with Crippen LogP contribution in [0.1, 0.15) is 51.4 Å². The molecule has 1 aliphatic heterocycles. The molecule has 27 heavy (non-hydrogen) atoms. The smallest absolute Gasteiger partial charge is 0.230 e. The van der Waals surface area contributed by atoms with E-state index in [1.807, 2.05) is 12.1 Å². The summed E-state index contributed by atoms with van der Waals surface area (Å²) in [7, 11) is 2.15. The lowest BCUT2D eigenvalue weighted by atomic mass is 9.49. The van der Waals surface area contributed by atoms with E-state index in [-0.39, 0.29) is 17.4 Å². The summed E-state index contributed by atoms with van der Waals surface area (Å²) in [4.78, 5) is 19.9. The number of ether oxygens (including phenoxy) is 1. The van der Waals surface area contributed by atoms with Gasteiger partial charge in [0.15, 0.2) is 0 Å². The molecule has 0 spiro atoms. The fourth-order valence-electron chi connectivity index (χ4n) is 6.45. The van der Waals surface area contributed by atoms with Crippen molar-refractivity contribution in [2.24, 2.45) is 23.2 Å². The van der Waals surface area contributed by atoms with E-state index in [4.69, 9.17) is 4.74 Å². The Hall–Kier alpha value is -1.62. The highest BCUT2D eigenvalue weighted by Crippen LogP contribution is 2.60. The lowest BCUT2D eigenvalue weighted by molar-refractivity contribution is -0.140. The normalized spacial score (nSPS) is 36.0. The first kappa shape index (κ1) is 17.5. The highest BCUT2D eigenvalue weighted by atomic mass is 16.5. The molecule has 1 N–H and O–H groups in total. The van der Waals surface area contributed by atoms with Gasteiger partial charge in [-0.2, -0.15) is 0 Å². The monoisotopic (exact) mass is 369 g/mol. The summed E-state index contributed by atoms with van der Waals surface area (Å²) in [6, 6.07) is 3.84. The number of aromatic nitrogens is 1. The maximum atomic E-state index is 13.1. The third kappa shape index (κ3) is 3.46. The summed E-state index contributed by atoms with van der Waals surface area (Å²) < 4.78 is 6.01. The van der Waals surface area contributed by atoms with Crippen LogP contribution in [-0.4, -0.2) is 42.0 Å². The Labute approximate surface area is 161 Å². The second-order valence-electron chi connectivity index (χ2n) is 9.66. The molecule has 1 aromatic heterocycles. The van der Waals surface area contributed by atoms with Crippen LogP contribution in [0.5, 0.6) is 5.88 Å². The molecule has 4 saturated carbocycles. The number of amides is 1. The quantitative estimate of drug-likeness (QED) is 0.879. The van der Waals surface area contributed by atoms with Gasteiger partial charge in [-0.05, 0) is 82.2 Å². The molecule has 2 heterocycles. The van der Waals surface area contributed by atoms with Crippen LogP contribution in [0.15, 0.2) is 18.3 Å². The third-order valence-electron chi connectivity index (χ3n) is 7.47. The van der Waals surface area contributed by atoms with Crippen molar-refractivity contribution in [1.82, 2.24) is 9.88 Å². The number of hydrogen-bond acceptors (Lipinski definition) is 4. The molecular weight excluding hydrogens is 338 g/mol. The number of anilines is 1. The number of piperidine rings is 1. The second kappa shape index (κ2) is 6.77. The van der Waals surface area contributed by atoms with Gasteiger partial charge >= 0.3 is 0 Å². The largest absolute Gasteiger partial charge is 0.474 e. The Morgan fingerprint density at radius 1 is 1.11 bits per heavy atom. The topological polar surface area (TPSA) is 54.5 Å². The van der Waals surface area contributed by atoms with Crippen molar-refractivity contribution in [2.45, 2.75) is 57.5 Å². The molecule has 6 rings (SSSR count). The van der Waals surface area contributed by atoms with Gasteiger partial charge in [0.1, 0.15) is 6.10 Å². The van der Waals surface area contributed by atoms with Crippen LogP contribution in [0.3, 0.4) is 0 Å². The predicted molar refractivity (Wildman–Crippen MR) is 105 cm³/mol. The molecule has 5 aliphatic rings. The molecule has 0 atom stereocenters. The van der Waals surface area contributed by atoms with Gasteiger partial charge in [0.2, 0.25) is 11.8 Å². The van der Waals surface area contributed by atoms with Crippen LogP contribution in [0.4, 0.5) is 5.69 Å². The fourth-order valence-corrected chi connectivity index (χ4v) is 6.45. The maximum absolute atomic E-state index is 13.1. The van der Waals surface area contributed by atoms with E-state index in [1.165, 1.54) is 19.3 Å². The van der Waals surface area contributed by atoms with Crippen LogP contribution in [0.25, 0.3) is 0 Å². The van der Waals surface area contributed by atoms with Crippen molar-refractivity contribution < 1.29 is 9.53 Å². The van der Waals surface area contributed by atoms with E-state index in [0.717, 1.165) is 68.6 Å². The van der Waals surface area contributed by atoms with Crippen LogP contribution in [0.2, 0.25) is 0 Å². The van der Waals surface area contributed by atoms with Gasteiger partial charge in [0.25, 0.3) is 0 Å². The van der Waals surface area contributed by atoms with Crippen LogP contribution >= 0.6 is 0 Å². The van der Waals surface area contributed by atoms with Crippen LogP contribution in [-0.2, 0) is 4.79 Å². The van der Waals surface area contributed by atoms with Crippen molar-refractivity contribution in [3.63, 3.8) is 0 Å². The van der Waals surface area contributed by atoms with E-state index < -0.39 is 0 Å². The molecule has 146 valence electrons. The number of pyridine rings is 1. The number of nitrogens with zero attached hydrogens (tertiary/aromatic N) is 2. The molecule has 0 aromatic carbocycles. The van der Waals surface area contributed by atoms with E-state index in [1.54, 1.807) is 6.20 Å². The second-order valence-corrected chi connectivity index (χ2v) is 9.66. The van der Waals surface area contributed by atoms with Crippen molar-refractivity contribution >= 4 is 11.6 Å². The molecule has 4 bridgehead atoms. The molecule has 0 radical (unpaired) electrons. The number of carbonyl (C=O) groups excluding carboxylic acids is 1. The zero-order chi connectivity index (χ0) is 18.4. The van der Waals surface area contributed by atoms with Crippen LogP contribution < -0.4 is 10.1 Å². The summed E-state index contributed by atoms with van der Waals surface area (Å²) in [5.74, 6) is 3.24. The summed E-state index contributed by atoms with van der Waals surface area (Å²) in [6.45, 7) is 2.15. The zero-order valence-corrected chi connectivity index (χ0v) is 16.3. The van der Waals surface area contributed by atoms with Crippen molar-refractivity contribution in [1.29, 1.82) is 0 Å². The number of nitrogens with one attached hydrogen (secondary N) is 1. The number of hydrogen-bond donors (Lipinski definition) is 1. The number of rotatable bonds is 4. The third-order valence-corrected chi connectivity index (χ3v) is 7.47. The molecule has 1 amide bonds. The SMILES string of the molecule is CN1CCC(Oc2ccc(NC(=O)C34CC5CC(CC(C5)C3)C4)cn2)CC1. The van der Waals surface area contributed by atoms with E-state index in [0.29, 0.717) is 5.88 Å². The first-order chi connectivity index (χ1) is 13.1. The zero-order valence-electron chi connectivity index (χ0n) is 16.3. The molecule has 0 unspecified atom stereocenters. The van der Waals surface area contributed by atoms with E-state index in [9.17, 15) is 4.79 Å². The van der Waals surface area contributed by atoms with Gasteiger partial charge in [0, 0.05) is 19.2 Å². The molecule has 1 saturated heterocycles. The average molecular weight is 370 g/mol. The van der Waals surface area contributed by atoms with Crippen LogP contribution in [0, 0.1) is 23.2 Å². The summed E-state index contributed by atoms with van der Waals surface area (Å²) in [5.41, 5.74) is 0.685. The van der Waals surface area contributed by atoms with Gasteiger partial charge in [-0.25, -0.2) is 4.98 Å².